The Labute approximate surface area is 177 Å². The molecular formula is C21H21N3O5S. The number of aromatic nitrogens is 3. The summed E-state index contributed by atoms with van der Waals surface area (Å²) in [6, 6.07) is 11.7. The van der Waals surface area contributed by atoms with E-state index in [1.54, 1.807) is 32.4 Å². The van der Waals surface area contributed by atoms with E-state index in [1.807, 2.05) is 23.6 Å². The first-order chi connectivity index (χ1) is 14.4. The van der Waals surface area contributed by atoms with Gasteiger partial charge in [-0.3, -0.25) is 0 Å². The van der Waals surface area contributed by atoms with E-state index in [2.05, 4.69) is 10.2 Å². The van der Waals surface area contributed by atoms with Gasteiger partial charge in [-0.1, -0.05) is 12.1 Å². The summed E-state index contributed by atoms with van der Waals surface area (Å²) in [5.74, 6) is 0.751. The van der Waals surface area contributed by atoms with Crippen LogP contribution in [0.1, 0.15) is 12.5 Å². The van der Waals surface area contributed by atoms with Crippen LogP contribution in [0.15, 0.2) is 52.5 Å². The summed E-state index contributed by atoms with van der Waals surface area (Å²) in [4.78, 5) is 11.8. The number of benzene rings is 2. The lowest BCUT2D eigenvalue weighted by atomic mass is 10.2. The fraction of sp³-hybridized carbons (Fsp3) is 0.190. The third-order valence-electron chi connectivity index (χ3n) is 4.22. The highest BCUT2D eigenvalue weighted by molar-refractivity contribution is 8.04. The fourth-order valence-corrected chi connectivity index (χ4v) is 3.68. The number of carbonyl (C=O) groups is 1. The predicted octanol–water partition coefficient (Wildman–Crippen LogP) is 3.91. The zero-order valence-corrected chi connectivity index (χ0v) is 17.5. The summed E-state index contributed by atoms with van der Waals surface area (Å²) in [6.45, 7) is 2.46. The molecule has 156 valence electrons. The van der Waals surface area contributed by atoms with Crippen LogP contribution >= 0.6 is 11.8 Å². The van der Waals surface area contributed by atoms with E-state index in [0.717, 1.165) is 17.3 Å². The molecule has 1 aromatic heterocycles. The van der Waals surface area contributed by atoms with Gasteiger partial charge in [0, 0.05) is 18.2 Å². The van der Waals surface area contributed by atoms with Crippen LogP contribution in [0, 0.1) is 0 Å². The van der Waals surface area contributed by atoms with E-state index in [0.29, 0.717) is 34.6 Å². The second-order valence-electron chi connectivity index (χ2n) is 6.16. The maximum absolute atomic E-state index is 11.8. The molecule has 3 rings (SSSR count). The van der Waals surface area contributed by atoms with Crippen molar-refractivity contribution >= 4 is 23.8 Å². The smallest absolute Gasteiger partial charge is 0.342 e. The van der Waals surface area contributed by atoms with Crippen LogP contribution in [-0.4, -0.2) is 45.2 Å². The van der Waals surface area contributed by atoms with Crippen molar-refractivity contribution < 1.29 is 24.5 Å². The number of methoxy groups -OCH3 is 2. The van der Waals surface area contributed by atoms with Crippen molar-refractivity contribution in [1.29, 1.82) is 0 Å². The molecule has 2 aromatic carbocycles. The number of nitrogens with zero attached hydrogens (tertiary/aromatic N) is 3. The number of carboxylic acid groups (broad SMARTS) is 1. The van der Waals surface area contributed by atoms with Crippen molar-refractivity contribution in [2.45, 2.75) is 18.6 Å². The van der Waals surface area contributed by atoms with E-state index in [4.69, 9.17) is 9.47 Å². The number of hydrogen-bond acceptors (Lipinski definition) is 7. The van der Waals surface area contributed by atoms with Gasteiger partial charge in [-0.05, 0) is 54.6 Å². The first-order valence-corrected chi connectivity index (χ1v) is 9.85. The molecule has 0 saturated carbocycles. The molecule has 0 aliphatic rings. The molecule has 0 amide bonds. The van der Waals surface area contributed by atoms with Crippen LogP contribution in [0.5, 0.6) is 17.2 Å². The van der Waals surface area contributed by atoms with Crippen LogP contribution < -0.4 is 9.47 Å². The molecule has 0 unspecified atom stereocenters. The van der Waals surface area contributed by atoms with Gasteiger partial charge in [0.15, 0.2) is 11.0 Å². The van der Waals surface area contributed by atoms with Crippen molar-refractivity contribution in [1.82, 2.24) is 14.8 Å². The number of aromatic hydroxyl groups is 1. The highest BCUT2D eigenvalue weighted by Gasteiger charge is 2.19. The number of rotatable bonds is 8. The van der Waals surface area contributed by atoms with Gasteiger partial charge in [-0.25, -0.2) is 4.79 Å². The van der Waals surface area contributed by atoms with Gasteiger partial charge in [0.1, 0.15) is 22.2 Å². The molecule has 3 aromatic rings. The predicted molar refractivity (Wildman–Crippen MR) is 114 cm³/mol. The second-order valence-corrected chi connectivity index (χ2v) is 7.17. The van der Waals surface area contributed by atoms with Gasteiger partial charge in [0.2, 0.25) is 0 Å². The van der Waals surface area contributed by atoms with Crippen LogP contribution in [0.4, 0.5) is 0 Å². The Bertz CT molecular complexity index is 1070. The first-order valence-electron chi connectivity index (χ1n) is 9.03. The molecule has 8 nitrogen and oxygen atoms in total. The normalized spacial score (nSPS) is 11.4. The molecule has 0 bridgehead atoms. The highest BCUT2D eigenvalue weighted by Crippen LogP contribution is 2.33. The molecule has 30 heavy (non-hydrogen) atoms. The quantitative estimate of drug-likeness (QED) is 0.412. The molecule has 0 aliphatic carbocycles. The van der Waals surface area contributed by atoms with E-state index in [9.17, 15) is 15.0 Å². The SMILES string of the molecule is CCn1c(S/C(=C\c2cccc(O)c2)C(=O)O)nnc1-c1cc(OC)cc(OC)c1. The summed E-state index contributed by atoms with van der Waals surface area (Å²) in [5, 5.41) is 28.2. The Balaban J connectivity index is 2.00. The monoisotopic (exact) mass is 427 g/mol. The number of phenols is 1. The third kappa shape index (κ3) is 4.74. The molecule has 0 fully saturated rings. The Morgan fingerprint density at radius 3 is 2.40 bits per heavy atom. The molecular weight excluding hydrogens is 406 g/mol. The standard InChI is InChI=1S/C21H21N3O5S/c1-4-24-19(14-10-16(28-2)12-17(11-14)29-3)22-23-21(24)30-18(20(26)27)9-13-6-5-7-15(25)8-13/h5-12,25H,4H2,1-3H3,(H,26,27)/b18-9-. The molecule has 0 saturated heterocycles. The Morgan fingerprint density at radius 1 is 1.13 bits per heavy atom. The van der Waals surface area contributed by atoms with Gasteiger partial charge >= 0.3 is 5.97 Å². The number of hydrogen-bond donors (Lipinski definition) is 2. The first kappa shape index (κ1) is 21.3. The topological polar surface area (TPSA) is 107 Å². The van der Waals surface area contributed by atoms with Gasteiger partial charge in [0.05, 0.1) is 14.2 Å². The van der Waals surface area contributed by atoms with Crippen LogP contribution in [0.2, 0.25) is 0 Å². The molecule has 1 heterocycles. The minimum atomic E-state index is -1.10. The number of thioether (sulfide) groups is 1. The number of aliphatic carboxylic acids is 1. The maximum Gasteiger partial charge on any atom is 0.342 e. The zero-order valence-electron chi connectivity index (χ0n) is 16.7. The van der Waals surface area contributed by atoms with E-state index >= 15 is 0 Å². The maximum atomic E-state index is 11.8. The Morgan fingerprint density at radius 2 is 1.83 bits per heavy atom. The van der Waals surface area contributed by atoms with Gasteiger partial charge in [-0.15, -0.1) is 10.2 Å². The van der Waals surface area contributed by atoms with Crippen molar-refractivity contribution in [3.8, 4) is 28.6 Å². The van der Waals surface area contributed by atoms with Crippen molar-refractivity contribution in [2.75, 3.05) is 14.2 Å². The van der Waals surface area contributed by atoms with Crippen molar-refractivity contribution in [3.63, 3.8) is 0 Å². The summed E-state index contributed by atoms with van der Waals surface area (Å²) < 4.78 is 12.5. The molecule has 0 spiro atoms. The number of ether oxygens (including phenoxy) is 2. The minimum absolute atomic E-state index is 0.0532. The van der Waals surface area contributed by atoms with E-state index in [1.165, 1.54) is 18.2 Å². The van der Waals surface area contributed by atoms with Crippen molar-refractivity contribution in [3.05, 3.63) is 52.9 Å². The lowest BCUT2D eigenvalue weighted by Crippen LogP contribution is -2.03. The lowest BCUT2D eigenvalue weighted by molar-refractivity contribution is -0.131. The average molecular weight is 427 g/mol. The van der Waals surface area contributed by atoms with Crippen LogP contribution in [0.25, 0.3) is 17.5 Å². The van der Waals surface area contributed by atoms with Crippen LogP contribution in [0.3, 0.4) is 0 Å². The molecule has 9 heteroatoms. The largest absolute Gasteiger partial charge is 0.508 e. The summed E-state index contributed by atoms with van der Waals surface area (Å²) >= 11 is 0.991. The fourth-order valence-electron chi connectivity index (χ4n) is 2.80. The summed E-state index contributed by atoms with van der Waals surface area (Å²) in [6.07, 6.45) is 1.48. The van der Waals surface area contributed by atoms with Gasteiger partial charge < -0.3 is 24.3 Å². The molecule has 0 aliphatic heterocycles. The summed E-state index contributed by atoms with van der Waals surface area (Å²) in [5.41, 5.74) is 1.31. The molecule has 0 atom stereocenters. The number of carboxylic acids is 1. The minimum Gasteiger partial charge on any atom is -0.508 e. The number of phenolic OH excluding ortho intramolecular Hbond substituents is 1. The van der Waals surface area contributed by atoms with E-state index in [-0.39, 0.29) is 10.7 Å². The third-order valence-corrected chi connectivity index (χ3v) is 5.22. The zero-order chi connectivity index (χ0) is 21.7. The Kier molecular flexibility index (Phi) is 6.63. The summed E-state index contributed by atoms with van der Waals surface area (Å²) in [7, 11) is 3.13. The van der Waals surface area contributed by atoms with E-state index < -0.39 is 5.97 Å². The van der Waals surface area contributed by atoms with Gasteiger partial charge in [-0.2, -0.15) is 0 Å². The molecule has 2 N–H and O–H groups in total. The Hall–Kier alpha value is -3.46. The lowest BCUT2D eigenvalue weighted by Gasteiger charge is -2.10. The van der Waals surface area contributed by atoms with Crippen molar-refractivity contribution in [2.24, 2.45) is 0 Å². The van der Waals surface area contributed by atoms with Gasteiger partial charge in [0.25, 0.3) is 0 Å². The molecule has 0 radical (unpaired) electrons. The average Bonchev–Trinajstić information content (AvgIpc) is 3.15. The van der Waals surface area contributed by atoms with Crippen LogP contribution in [-0.2, 0) is 11.3 Å². The second kappa shape index (κ2) is 9.36. The highest BCUT2D eigenvalue weighted by atomic mass is 32.2.